The van der Waals surface area contributed by atoms with E-state index in [4.69, 9.17) is 9.47 Å². The van der Waals surface area contributed by atoms with E-state index in [1.807, 2.05) is 19.1 Å². The second kappa shape index (κ2) is 16.6. The summed E-state index contributed by atoms with van der Waals surface area (Å²) in [5.74, 6) is 1.05. The second-order valence-electron chi connectivity index (χ2n) is 10.1. The first-order valence-electron chi connectivity index (χ1n) is 14.4. The molecule has 1 aromatic heterocycles. The van der Waals surface area contributed by atoms with Gasteiger partial charge >= 0.3 is 5.97 Å². The number of hydrogen-bond donors (Lipinski definition) is 0. The highest BCUT2D eigenvalue weighted by atomic mass is 16.6. The lowest BCUT2D eigenvalue weighted by atomic mass is 10.0. The van der Waals surface area contributed by atoms with Crippen LogP contribution in [0.2, 0.25) is 0 Å². The molecule has 0 radical (unpaired) electrons. The van der Waals surface area contributed by atoms with E-state index >= 15 is 0 Å². The van der Waals surface area contributed by atoms with Gasteiger partial charge in [-0.2, -0.15) is 0 Å². The molecule has 0 N–H and O–H groups in total. The van der Waals surface area contributed by atoms with Crippen LogP contribution in [0.1, 0.15) is 90.5 Å². The van der Waals surface area contributed by atoms with Crippen molar-refractivity contribution in [2.45, 2.75) is 97.5 Å². The molecule has 0 fully saturated rings. The normalized spacial score (nSPS) is 11.8. The van der Waals surface area contributed by atoms with Crippen molar-refractivity contribution in [3.05, 3.63) is 66.5 Å². The molecule has 5 nitrogen and oxygen atoms in total. The summed E-state index contributed by atoms with van der Waals surface area (Å²) in [5.41, 5.74) is 4.74. The van der Waals surface area contributed by atoms with Crippen molar-refractivity contribution in [2.24, 2.45) is 0 Å². The zero-order valence-electron chi connectivity index (χ0n) is 23.5. The third kappa shape index (κ3) is 10.3. The number of aromatic nitrogens is 2. The van der Waals surface area contributed by atoms with Crippen LogP contribution in [0.4, 0.5) is 0 Å². The molecule has 2 aromatic carbocycles. The molecule has 204 valence electrons. The quantitative estimate of drug-likeness (QED) is 0.133. The van der Waals surface area contributed by atoms with Crippen LogP contribution < -0.4 is 4.74 Å². The first-order valence-corrected chi connectivity index (χ1v) is 14.4. The van der Waals surface area contributed by atoms with Crippen LogP contribution in [-0.4, -0.2) is 28.6 Å². The summed E-state index contributed by atoms with van der Waals surface area (Å²) in [5, 5.41) is 0. The summed E-state index contributed by atoms with van der Waals surface area (Å²) in [7, 11) is 0. The lowest BCUT2D eigenvalue weighted by Gasteiger charge is -2.14. The number of ether oxygens (including phenoxy) is 2. The summed E-state index contributed by atoms with van der Waals surface area (Å²) in [6.07, 6.45) is 15.3. The van der Waals surface area contributed by atoms with Crippen molar-refractivity contribution in [2.75, 3.05) is 6.61 Å². The first kappa shape index (κ1) is 29.3. The molecule has 5 heteroatoms. The van der Waals surface area contributed by atoms with Gasteiger partial charge in [0, 0.05) is 12.0 Å². The minimum Gasteiger partial charge on any atom is -0.486 e. The fourth-order valence-electron chi connectivity index (χ4n) is 4.38. The Kier molecular flexibility index (Phi) is 12.8. The maximum Gasteiger partial charge on any atom is 0.306 e. The third-order valence-corrected chi connectivity index (χ3v) is 6.68. The number of nitrogens with zero attached hydrogens (tertiary/aromatic N) is 2. The van der Waals surface area contributed by atoms with Gasteiger partial charge in [-0.05, 0) is 42.9 Å². The van der Waals surface area contributed by atoms with Gasteiger partial charge in [0.25, 0.3) is 0 Å². The van der Waals surface area contributed by atoms with Crippen molar-refractivity contribution in [1.29, 1.82) is 0 Å². The average Bonchev–Trinajstić information content (AvgIpc) is 2.95. The van der Waals surface area contributed by atoms with Crippen LogP contribution >= 0.6 is 0 Å². The van der Waals surface area contributed by atoms with E-state index in [0.717, 1.165) is 24.8 Å². The highest BCUT2D eigenvalue weighted by molar-refractivity contribution is 5.69. The predicted molar refractivity (Wildman–Crippen MR) is 155 cm³/mol. The molecule has 0 aliphatic carbocycles. The molecule has 0 unspecified atom stereocenters. The maximum atomic E-state index is 12.0. The number of esters is 1. The standard InChI is InChI=1S/C33H44N2O3/c1-4-6-8-9-10-12-14-32(36)38-26(3)25-37-31-23-34-33(35-24-31)30-21-19-29(20-22-30)28-17-15-27(16-18-28)13-11-7-5-2/h15-24,26H,4-14,25H2,1-3H3/t26-/m0/s1. The Bertz CT molecular complexity index is 1060. The Balaban J connectivity index is 1.42. The van der Waals surface area contributed by atoms with Gasteiger partial charge in [0.1, 0.15) is 12.7 Å². The monoisotopic (exact) mass is 516 g/mol. The highest BCUT2D eigenvalue weighted by Gasteiger charge is 2.11. The predicted octanol–water partition coefficient (Wildman–Crippen LogP) is 8.60. The van der Waals surface area contributed by atoms with Gasteiger partial charge in [-0.15, -0.1) is 0 Å². The van der Waals surface area contributed by atoms with E-state index < -0.39 is 0 Å². The molecule has 1 atom stereocenters. The van der Waals surface area contributed by atoms with Gasteiger partial charge < -0.3 is 9.47 Å². The molecule has 3 rings (SSSR count). The van der Waals surface area contributed by atoms with Crippen molar-refractivity contribution in [3.63, 3.8) is 0 Å². The fourth-order valence-corrected chi connectivity index (χ4v) is 4.38. The molecule has 38 heavy (non-hydrogen) atoms. The Hall–Kier alpha value is -3.21. The number of carbonyl (C=O) groups excluding carboxylic acids is 1. The summed E-state index contributed by atoms with van der Waals surface area (Å²) in [6, 6.07) is 17.2. The lowest BCUT2D eigenvalue weighted by molar-refractivity contribution is -0.149. The molecule has 0 saturated carbocycles. The van der Waals surface area contributed by atoms with Gasteiger partial charge in [0.2, 0.25) is 0 Å². The third-order valence-electron chi connectivity index (χ3n) is 6.68. The number of carbonyl (C=O) groups is 1. The van der Waals surface area contributed by atoms with Crippen LogP contribution in [0, 0.1) is 0 Å². The van der Waals surface area contributed by atoms with E-state index in [1.54, 1.807) is 12.4 Å². The Morgan fingerprint density at radius 1 is 0.737 bits per heavy atom. The van der Waals surface area contributed by atoms with E-state index in [9.17, 15) is 4.79 Å². The smallest absolute Gasteiger partial charge is 0.306 e. The molecule has 3 aromatic rings. The van der Waals surface area contributed by atoms with Crippen LogP contribution in [0.5, 0.6) is 5.75 Å². The number of rotatable bonds is 17. The van der Waals surface area contributed by atoms with Crippen LogP contribution in [0.15, 0.2) is 60.9 Å². The molecular weight excluding hydrogens is 472 g/mol. The van der Waals surface area contributed by atoms with Crippen molar-refractivity contribution >= 4 is 5.97 Å². The molecular formula is C33H44N2O3. The maximum absolute atomic E-state index is 12.0. The van der Waals surface area contributed by atoms with Crippen molar-refractivity contribution in [3.8, 4) is 28.3 Å². The molecule has 0 saturated heterocycles. The summed E-state index contributed by atoms with van der Waals surface area (Å²) in [6.45, 7) is 6.56. The van der Waals surface area contributed by atoms with E-state index in [0.29, 0.717) is 18.0 Å². The number of benzene rings is 2. The molecule has 0 bridgehead atoms. The summed E-state index contributed by atoms with van der Waals surface area (Å²) < 4.78 is 11.2. The van der Waals surface area contributed by atoms with Gasteiger partial charge in [-0.1, -0.05) is 107 Å². The Morgan fingerprint density at radius 2 is 1.29 bits per heavy atom. The van der Waals surface area contributed by atoms with Gasteiger partial charge in [-0.3, -0.25) is 4.79 Å². The summed E-state index contributed by atoms with van der Waals surface area (Å²) >= 11 is 0. The van der Waals surface area contributed by atoms with Crippen molar-refractivity contribution < 1.29 is 14.3 Å². The van der Waals surface area contributed by atoms with Crippen LogP contribution in [-0.2, 0) is 16.0 Å². The number of hydrogen-bond acceptors (Lipinski definition) is 5. The lowest BCUT2D eigenvalue weighted by Crippen LogP contribution is -2.22. The van der Waals surface area contributed by atoms with E-state index in [1.165, 1.54) is 61.6 Å². The minimum absolute atomic E-state index is 0.158. The molecule has 0 amide bonds. The molecule has 0 aliphatic heterocycles. The molecule has 0 spiro atoms. The average molecular weight is 517 g/mol. The van der Waals surface area contributed by atoms with Crippen LogP contribution in [0.3, 0.4) is 0 Å². The van der Waals surface area contributed by atoms with Gasteiger partial charge in [0.15, 0.2) is 11.6 Å². The molecule has 0 aliphatic rings. The van der Waals surface area contributed by atoms with Crippen LogP contribution in [0.25, 0.3) is 22.5 Å². The van der Waals surface area contributed by atoms with Crippen molar-refractivity contribution in [1.82, 2.24) is 9.97 Å². The fraction of sp³-hybridized carbons (Fsp3) is 0.485. The largest absolute Gasteiger partial charge is 0.486 e. The number of unbranched alkanes of at least 4 members (excludes halogenated alkanes) is 7. The summed E-state index contributed by atoms with van der Waals surface area (Å²) in [4.78, 5) is 21.0. The van der Waals surface area contributed by atoms with Gasteiger partial charge in [0.05, 0.1) is 12.4 Å². The minimum atomic E-state index is -0.319. The Morgan fingerprint density at radius 3 is 1.95 bits per heavy atom. The first-order chi connectivity index (χ1) is 18.6. The molecule has 1 heterocycles. The van der Waals surface area contributed by atoms with Gasteiger partial charge in [-0.25, -0.2) is 9.97 Å². The topological polar surface area (TPSA) is 61.3 Å². The van der Waals surface area contributed by atoms with E-state index in [2.05, 4.69) is 60.2 Å². The Labute approximate surface area is 229 Å². The second-order valence-corrected chi connectivity index (χ2v) is 10.1. The zero-order chi connectivity index (χ0) is 27.0. The SMILES string of the molecule is CCCCCCCCC(=O)O[C@@H](C)COc1cnc(-c2ccc(-c3ccc(CCCCC)cc3)cc2)nc1. The van der Waals surface area contributed by atoms with E-state index in [-0.39, 0.29) is 18.7 Å². The highest BCUT2D eigenvalue weighted by Crippen LogP contribution is 2.24. The number of aryl methyl sites for hydroxylation is 1. The zero-order valence-corrected chi connectivity index (χ0v) is 23.5.